The highest BCUT2D eigenvalue weighted by molar-refractivity contribution is 9.10. The summed E-state index contributed by atoms with van der Waals surface area (Å²) in [5, 5.41) is 2.66. The number of carbonyl (C=O) groups is 1. The Balaban J connectivity index is 1.57. The molecule has 0 saturated carbocycles. The minimum atomic E-state index is -3.70. The fourth-order valence-corrected chi connectivity index (χ4v) is 3.64. The number of nitrogens with one attached hydrogen (secondary N) is 2. The van der Waals surface area contributed by atoms with Crippen LogP contribution in [0.4, 0.5) is 11.4 Å². The first-order valence-electron chi connectivity index (χ1n) is 8.28. The molecular weight excluding hydrogens is 444 g/mol. The predicted octanol–water partition coefficient (Wildman–Crippen LogP) is 4.27. The van der Waals surface area contributed by atoms with E-state index >= 15 is 0 Å². The van der Waals surface area contributed by atoms with Crippen molar-refractivity contribution in [3.8, 4) is 5.75 Å². The maximum atomic E-state index is 12.4. The van der Waals surface area contributed by atoms with E-state index in [2.05, 4.69) is 26.0 Å². The summed E-state index contributed by atoms with van der Waals surface area (Å²) < 4.78 is 33.6. The van der Waals surface area contributed by atoms with Gasteiger partial charge in [-0.3, -0.25) is 9.52 Å². The highest BCUT2D eigenvalue weighted by atomic mass is 79.9. The summed E-state index contributed by atoms with van der Waals surface area (Å²) in [6.45, 7) is -0.156. The standard InChI is InChI=1S/C20H17BrN2O4S/c21-15-6-10-18(11-7-15)27-14-20(24)22-16-8-12-19(13-9-16)28(25,26)23-17-4-2-1-3-5-17/h1-13,23H,14H2,(H,22,24). The first-order chi connectivity index (χ1) is 13.4. The van der Waals surface area contributed by atoms with E-state index in [4.69, 9.17) is 4.74 Å². The van der Waals surface area contributed by atoms with Crippen LogP contribution in [0.1, 0.15) is 0 Å². The van der Waals surface area contributed by atoms with Gasteiger partial charge in [-0.15, -0.1) is 0 Å². The Labute approximate surface area is 171 Å². The Hall–Kier alpha value is -2.84. The number of hydrogen-bond acceptors (Lipinski definition) is 4. The SMILES string of the molecule is O=C(COc1ccc(Br)cc1)Nc1ccc(S(=O)(=O)Nc2ccccc2)cc1. The van der Waals surface area contributed by atoms with Gasteiger partial charge in [0.25, 0.3) is 15.9 Å². The molecule has 28 heavy (non-hydrogen) atoms. The van der Waals surface area contributed by atoms with Crippen molar-refractivity contribution in [1.29, 1.82) is 0 Å². The molecule has 0 bridgehead atoms. The van der Waals surface area contributed by atoms with Crippen LogP contribution in [-0.2, 0) is 14.8 Å². The third-order valence-electron chi connectivity index (χ3n) is 3.66. The van der Waals surface area contributed by atoms with Crippen molar-refractivity contribution in [2.45, 2.75) is 4.90 Å². The highest BCUT2D eigenvalue weighted by Crippen LogP contribution is 2.19. The molecule has 3 aromatic rings. The van der Waals surface area contributed by atoms with Gasteiger partial charge < -0.3 is 10.1 Å². The maximum absolute atomic E-state index is 12.4. The smallest absolute Gasteiger partial charge is 0.262 e. The van der Waals surface area contributed by atoms with Crippen molar-refractivity contribution in [2.75, 3.05) is 16.6 Å². The molecule has 0 unspecified atom stereocenters. The van der Waals surface area contributed by atoms with Gasteiger partial charge in [0, 0.05) is 15.8 Å². The summed E-state index contributed by atoms with van der Waals surface area (Å²) in [6, 6.07) is 21.6. The zero-order valence-electron chi connectivity index (χ0n) is 14.6. The summed E-state index contributed by atoms with van der Waals surface area (Å²) in [7, 11) is -3.70. The van der Waals surface area contributed by atoms with Crippen molar-refractivity contribution in [3.63, 3.8) is 0 Å². The molecule has 0 aliphatic heterocycles. The van der Waals surface area contributed by atoms with Crippen LogP contribution >= 0.6 is 15.9 Å². The van der Waals surface area contributed by atoms with E-state index in [0.29, 0.717) is 17.1 Å². The van der Waals surface area contributed by atoms with Gasteiger partial charge in [-0.05, 0) is 60.7 Å². The summed E-state index contributed by atoms with van der Waals surface area (Å²) in [5.41, 5.74) is 0.952. The number of anilines is 2. The molecule has 3 aromatic carbocycles. The molecule has 0 fully saturated rings. The topological polar surface area (TPSA) is 84.5 Å². The number of para-hydroxylation sites is 1. The van der Waals surface area contributed by atoms with Gasteiger partial charge in [-0.25, -0.2) is 8.42 Å². The van der Waals surface area contributed by atoms with Crippen molar-refractivity contribution in [1.82, 2.24) is 0 Å². The van der Waals surface area contributed by atoms with Crippen molar-refractivity contribution in [2.24, 2.45) is 0 Å². The zero-order valence-corrected chi connectivity index (χ0v) is 17.0. The molecule has 0 heterocycles. The molecular formula is C20H17BrN2O4S. The molecule has 0 radical (unpaired) electrons. The Morgan fingerprint density at radius 2 is 1.50 bits per heavy atom. The van der Waals surface area contributed by atoms with E-state index in [0.717, 1.165) is 4.47 Å². The van der Waals surface area contributed by atoms with Crippen molar-refractivity contribution in [3.05, 3.63) is 83.3 Å². The van der Waals surface area contributed by atoms with E-state index < -0.39 is 10.0 Å². The average molecular weight is 461 g/mol. The van der Waals surface area contributed by atoms with Gasteiger partial charge in [0.2, 0.25) is 0 Å². The lowest BCUT2D eigenvalue weighted by molar-refractivity contribution is -0.118. The van der Waals surface area contributed by atoms with Crippen LogP contribution in [0.15, 0.2) is 88.2 Å². The van der Waals surface area contributed by atoms with Crippen LogP contribution < -0.4 is 14.8 Å². The van der Waals surface area contributed by atoms with Crippen LogP contribution in [0.25, 0.3) is 0 Å². The molecule has 0 aliphatic rings. The van der Waals surface area contributed by atoms with Gasteiger partial charge in [-0.2, -0.15) is 0 Å². The number of rotatable bonds is 7. The molecule has 0 spiro atoms. The second-order valence-corrected chi connectivity index (χ2v) is 8.38. The lowest BCUT2D eigenvalue weighted by Gasteiger charge is -2.10. The first-order valence-corrected chi connectivity index (χ1v) is 10.6. The normalized spacial score (nSPS) is 10.9. The second-order valence-electron chi connectivity index (χ2n) is 5.79. The number of benzene rings is 3. The minimum absolute atomic E-state index is 0.0977. The third kappa shape index (κ3) is 5.58. The number of hydrogen-bond donors (Lipinski definition) is 2. The minimum Gasteiger partial charge on any atom is -0.484 e. The van der Waals surface area contributed by atoms with Gasteiger partial charge >= 0.3 is 0 Å². The lowest BCUT2D eigenvalue weighted by atomic mass is 10.3. The fraction of sp³-hybridized carbons (Fsp3) is 0.0500. The molecule has 0 atom stereocenters. The first kappa shape index (κ1) is 19.9. The molecule has 144 valence electrons. The van der Waals surface area contributed by atoms with Gasteiger partial charge in [0.1, 0.15) is 5.75 Å². The summed E-state index contributed by atoms with van der Waals surface area (Å²) in [5.74, 6) is 0.229. The van der Waals surface area contributed by atoms with E-state index in [-0.39, 0.29) is 17.4 Å². The number of sulfonamides is 1. The molecule has 8 heteroatoms. The van der Waals surface area contributed by atoms with Crippen LogP contribution in [0.5, 0.6) is 5.75 Å². The molecule has 3 rings (SSSR count). The van der Waals surface area contributed by atoms with Gasteiger partial charge in [-0.1, -0.05) is 34.1 Å². The fourth-order valence-electron chi connectivity index (χ4n) is 2.31. The molecule has 0 saturated heterocycles. The Morgan fingerprint density at radius 1 is 0.857 bits per heavy atom. The van der Waals surface area contributed by atoms with Gasteiger partial charge in [0.05, 0.1) is 4.90 Å². The van der Waals surface area contributed by atoms with E-state index in [1.54, 1.807) is 42.5 Å². The largest absolute Gasteiger partial charge is 0.484 e. The molecule has 6 nitrogen and oxygen atoms in total. The van der Waals surface area contributed by atoms with Crippen LogP contribution in [0.2, 0.25) is 0 Å². The van der Waals surface area contributed by atoms with Crippen LogP contribution in [0, 0.1) is 0 Å². The molecule has 2 N–H and O–H groups in total. The lowest BCUT2D eigenvalue weighted by Crippen LogP contribution is -2.20. The Bertz CT molecular complexity index is 1040. The molecule has 0 aromatic heterocycles. The van der Waals surface area contributed by atoms with Crippen LogP contribution in [-0.4, -0.2) is 20.9 Å². The Morgan fingerprint density at radius 3 is 2.14 bits per heavy atom. The number of halogens is 1. The molecule has 0 aliphatic carbocycles. The summed E-state index contributed by atoms with van der Waals surface area (Å²) in [6.07, 6.45) is 0. The maximum Gasteiger partial charge on any atom is 0.262 e. The van der Waals surface area contributed by atoms with E-state index in [1.165, 1.54) is 24.3 Å². The summed E-state index contributed by atoms with van der Waals surface area (Å²) in [4.78, 5) is 12.1. The number of amides is 1. The Kier molecular flexibility index (Phi) is 6.33. The van der Waals surface area contributed by atoms with Crippen molar-refractivity contribution < 1.29 is 17.9 Å². The second kappa shape index (κ2) is 8.90. The quantitative estimate of drug-likeness (QED) is 0.551. The van der Waals surface area contributed by atoms with E-state index in [9.17, 15) is 13.2 Å². The van der Waals surface area contributed by atoms with Crippen LogP contribution in [0.3, 0.4) is 0 Å². The van der Waals surface area contributed by atoms with E-state index in [1.807, 2.05) is 12.1 Å². The number of ether oxygens (including phenoxy) is 1. The van der Waals surface area contributed by atoms with Gasteiger partial charge in [0.15, 0.2) is 6.61 Å². The highest BCUT2D eigenvalue weighted by Gasteiger charge is 2.14. The number of carbonyl (C=O) groups excluding carboxylic acids is 1. The third-order valence-corrected chi connectivity index (χ3v) is 5.58. The average Bonchev–Trinajstić information content (AvgIpc) is 2.68. The predicted molar refractivity (Wildman–Crippen MR) is 112 cm³/mol. The monoisotopic (exact) mass is 460 g/mol. The van der Waals surface area contributed by atoms with Crippen molar-refractivity contribution >= 4 is 43.2 Å². The zero-order chi connectivity index (χ0) is 20.0. The summed E-state index contributed by atoms with van der Waals surface area (Å²) >= 11 is 3.33. The molecule has 1 amide bonds.